The van der Waals surface area contributed by atoms with Gasteiger partial charge in [-0.2, -0.15) is 0 Å². The van der Waals surface area contributed by atoms with E-state index in [4.69, 9.17) is 9.57 Å². The van der Waals surface area contributed by atoms with Crippen LogP contribution in [0.25, 0.3) is 0 Å². The van der Waals surface area contributed by atoms with Gasteiger partial charge in [-0.3, -0.25) is 0 Å². The number of ether oxygens (including phenoxy) is 1. The van der Waals surface area contributed by atoms with Crippen molar-refractivity contribution >= 4 is 11.5 Å². The normalized spacial score (nSPS) is 15.6. The number of aromatic nitrogens is 1. The zero-order valence-corrected chi connectivity index (χ0v) is 10.7. The lowest BCUT2D eigenvalue weighted by Gasteiger charge is -2.28. The van der Waals surface area contributed by atoms with E-state index < -0.39 is 0 Å². The number of pyridine rings is 1. The summed E-state index contributed by atoms with van der Waals surface area (Å²) < 4.78 is 4.90. The van der Waals surface area contributed by atoms with Crippen molar-refractivity contribution in [1.82, 2.24) is 4.98 Å². The lowest BCUT2D eigenvalue weighted by Crippen LogP contribution is -2.34. The number of methoxy groups -OCH3 is 1. The number of anilines is 1. The molecule has 0 radical (unpaired) electrons. The SMILES string of the molecule is COCCON=C1CCN(c2ccccn2)CC1. The van der Waals surface area contributed by atoms with Gasteiger partial charge in [0.25, 0.3) is 0 Å². The molecular formula is C13H19N3O2. The van der Waals surface area contributed by atoms with Gasteiger partial charge in [0.1, 0.15) is 12.4 Å². The third-order valence-corrected chi connectivity index (χ3v) is 2.89. The Morgan fingerprint density at radius 2 is 2.11 bits per heavy atom. The number of piperidine rings is 1. The van der Waals surface area contributed by atoms with Crippen molar-refractivity contribution in [3.05, 3.63) is 24.4 Å². The fourth-order valence-electron chi connectivity index (χ4n) is 1.88. The topological polar surface area (TPSA) is 47.0 Å². The summed E-state index contributed by atoms with van der Waals surface area (Å²) in [5.41, 5.74) is 1.12. The van der Waals surface area contributed by atoms with Crippen molar-refractivity contribution in [2.75, 3.05) is 38.3 Å². The molecule has 1 aromatic heterocycles. The first-order chi connectivity index (χ1) is 8.90. The minimum absolute atomic E-state index is 0.518. The fourth-order valence-corrected chi connectivity index (χ4v) is 1.88. The molecule has 98 valence electrons. The number of hydrogen-bond donors (Lipinski definition) is 0. The lowest BCUT2D eigenvalue weighted by atomic mass is 10.1. The number of rotatable bonds is 5. The maximum absolute atomic E-state index is 5.18. The van der Waals surface area contributed by atoms with E-state index in [0.717, 1.165) is 37.5 Å². The Morgan fingerprint density at radius 1 is 1.28 bits per heavy atom. The molecule has 2 heterocycles. The summed E-state index contributed by atoms with van der Waals surface area (Å²) >= 11 is 0. The van der Waals surface area contributed by atoms with Gasteiger partial charge in [0.15, 0.2) is 0 Å². The monoisotopic (exact) mass is 249 g/mol. The van der Waals surface area contributed by atoms with Gasteiger partial charge in [-0.05, 0) is 12.1 Å². The third-order valence-electron chi connectivity index (χ3n) is 2.89. The summed E-state index contributed by atoms with van der Waals surface area (Å²) in [5, 5.41) is 4.14. The van der Waals surface area contributed by atoms with Crippen LogP contribution in [-0.4, -0.2) is 44.1 Å². The molecule has 0 spiro atoms. The van der Waals surface area contributed by atoms with Crippen molar-refractivity contribution in [3.63, 3.8) is 0 Å². The molecule has 0 atom stereocenters. The Kier molecular flexibility index (Phi) is 4.96. The van der Waals surface area contributed by atoms with Crippen LogP contribution in [0.5, 0.6) is 0 Å². The first-order valence-corrected chi connectivity index (χ1v) is 6.23. The van der Waals surface area contributed by atoms with E-state index in [2.05, 4.69) is 15.0 Å². The second-order valence-electron chi connectivity index (χ2n) is 4.16. The van der Waals surface area contributed by atoms with Gasteiger partial charge in [0.05, 0.1) is 12.3 Å². The maximum Gasteiger partial charge on any atom is 0.140 e. The van der Waals surface area contributed by atoms with Crippen molar-refractivity contribution in [2.24, 2.45) is 5.16 Å². The molecule has 0 aromatic carbocycles. The van der Waals surface area contributed by atoms with Crippen molar-refractivity contribution in [3.8, 4) is 0 Å². The van der Waals surface area contributed by atoms with E-state index in [0.29, 0.717) is 13.2 Å². The molecule has 0 amide bonds. The summed E-state index contributed by atoms with van der Waals surface area (Å²) in [4.78, 5) is 11.8. The Labute approximate surface area is 107 Å². The third kappa shape index (κ3) is 3.70. The molecule has 1 aliphatic heterocycles. The van der Waals surface area contributed by atoms with Gasteiger partial charge in [-0.15, -0.1) is 0 Å². The molecule has 1 aromatic rings. The molecule has 0 aliphatic carbocycles. The maximum atomic E-state index is 5.18. The van der Waals surface area contributed by atoms with Crippen LogP contribution in [0, 0.1) is 0 Å². The van der Waals surface area contributed by atoms with Crippen LogP contribution in [-0.2, 0) is 9.57 Å². The summed E-state index contributed by atoms with van der Waals surface area (Å²) in [6.07, 6.45) is 3.69. The second kappa shape index (κ2) is 6.96. The molecule has 0 N–H and O–H groups in total. The summed E-state index contributed by atoms with van der Waals surface area (Å²) in [6.45, 7) is 2.99. The Morgan fingerprint density at radius 3 is 2.78 bits per heavy atom. The van der Waals surface area contributed by atoms with E-state index in [-0.39, 0.29) is 0 Å². The molecule has 0 unspecified atom stereocenters. The molecule has 18 heavy (non-hydrogen) atoms. The Balaban J connectivity index is 1.78. The highest BCUT2D eigenvalue weighted by Gasteiger charge is 2.16. The van der Waals surface area contributed by atoms with Gasteiger partial charge in [-0.1, -0.05) is 11.2 Å². The van der Waals surface area contributed by atoms with Crippen LogP contribution in [0.4, 0.5) is 5.82 Å². The van der Waals surface area contributed by atoms with E-state index >= 15 is 0 Å². The standard InChI is InChI=1S/C13H19N3O2/c1-17-10-11-18-15-12-5-8-16(9-6-12)13-4-2-3-7-14-13/h2-4,7H,5-6,8-11H2,1H3. The first kappa shape index (κ1) is 12.8. The molecule has 2 rings (SSSR count). The minimum atomic E-state index is 0.518. The zero-order valence-electron chi connectivity index (χ0n) is 10.7. The zero-order chi connectivity index (χ0) is 12.6. The first-order valence-electron chi connectivity index (χ1n) is 6.23. The highest BCUT2D eigenvalue weighted by molar-refractivity contribution is 5.86. The summed E-state index contributed by atoms with van der Waals surface area (Å²) in [7, 11) is 1.65. The van der Waals surface area contributed by atoms with Gasteiger partial charge < -0.3 is 14.5 Å². The van der Waals surface area contributed by atoms with Crippen LogP contribution >= 0.6 is 0 Å². The van der Waals surface area contributed by atoms with Crippen molar-refractivity contribution < 1.29 is 9.57 Å². The predicted molar refractivity (Wildman–Crippen MR) is 70.9 cm³/mol. The highest BCUT2D eigenvalue weighted by Crippen LogP contribution is 2.15. The van der Waals surface area contributed by atoms with Gasteiger partial charge in [-0.25, -0.2) is 4.98 Å². The molecule has 5 nitrogen and oxygen atoms in total. The average Bonchev–Trinajstić information content (AvgIpc) is 2.45. The average molecular weight is 249 g/mol. The number of nitrogens with zero attached hydrogens (tertiary/aromatic N) is 3. The van der Waals surface area contributed by atoms with Gasteiger partial charge in [0.2, 0.25) is 0 Å². The number of oxime groups is 1. The van der Waals surface area contributed by atoms with Gasteiger partial charge in [0, 0.05) is 39.2 Å². The van der Waals surface area contributed by atoms with Crippen LogP contribution in [0.15, 0.2) is 29.6 Å². The van der Waals surface area contributed by atoms with Crippen molar-refractivity contribution in [1.29, 1.82) is 0 Å². The van der Waals surface area contributed by atoms with Crippen LogP contribution < -0.4 is 4.90 Å². The van der Waals surface area contributed by atoms with Crippen LogP contribution in [0.2, 0.25) is 0 Å². The fraction of sp³-hybridized carbons (Fsp3) is 0.538. The molecular weight excluding hydrogens is 230 g/mol. The van der Waals surface area contributed by atoms with E-state index in [1.165, 1.54) is 0 Å². The van der Waals surface area contributed by atoms with E-state index in [9.17, 15) is 0 Å². The summed E-state index contributed by atoms with van der Waals surface area (Å²) in [6, 6.07) is 5.99. The second-order valence-corrected chi connectivity index (χ2v) is 4.16. The van der Waals surface area contributed by atoms with Gasteiger partial charge >= 0.3 is 0 Å². The Hall–Kier alpha value is -1.62. The quantitative estimate of drug-likeness (QED) is 0.588. The lowest BCUT2D eigenvalue weighted by molar-refractivity contribution is 0.0743. The highest BCUT2D eigenvalue weighted by atomic mass is 16.6. The molecule has 0 bridgehead atoms. The van der Waals surface area contributed by atoms with E-state index in [1.807, 2.05) is 24.4 Å². The molecule has 5 heteroatoms. The summed E-state index contributed by atoms with van der Waals surface area (Å²) in [5.74, 6) is 1.04. The molecule has 0 saturated carbocycles. The Bertz CT molecular complexity index is 371. The molecule has 1 fully saturated rings. The van der Waals surface area contributed by atoms with Crippen molar-refractivity contribution in [2.45, 2.75) is 12.8 Å². The van der Waals surface area contributed by atoms with E-state index in [1.54, 1.807) is 7.11 Å². The predicted octanol–water partition coefficient (Wildman–Crippen LogP) is 1.70. The largest absolute Gasteiger partial charge is 0.393 e. The number of hydrogen-bond acceptors (Lipinski definition) is 5. The molecule has 1 saturated heterocycles. The smallest absolute Gasteiger partial charge is 0.140 e. The minimum Gasteiger partial charge on any atom is -0.393 e. The van der Waals surface area contributed by atoms with Crippen LogP contribution in [0.1, 0.15) is 12.8 Å². The molecule has 1 aliphatic rings. The van der Waals surface area contributed by atoms with Crippen LogP contribution in [0.3, 0.4) is 0 Å².